The Morgan fingerprint density at radius 3 is 2.46 bits per heavy atom. The van der Waals surface area contributed by atoms with Crippen LogP contribution in [-0.4, -0.2) is 49.6 Å². The van der Waals surface area contributed by atoms with Crippen LogP contribution in [0, 0.1) is 0 Å². The minimum Gasteiger partial charge on any atom is -0.453 e. The van der Waals surface area contributed by atoms with Crippen molar-refractivity contribution in [3.63, 3.8) is 0 Å². The van der Waals surface area contributed by atoms with Crippen molar-refractivity contribution < 1.29 is 19.1 Å². The number of aliphatic imine (C=N–C) groups is 1. The molecule has 8 heteroatoms. The first-order valence-corrected chi connectivity index (χ1v) is 9.89. The molecule has 2 aliphatic rings. The fourth-order valence-electron chi connectivity index (χ4n) is 3.20. The molecule has 0 unspecified atom stereocenters. The van der Waals surface area contributed by atoms with Crippen molar-refractivity contribution in [1.29, 1.82) is 0 Å². The predicted molar refractivity (Wildman–Crippen MR) is 110 cm³/mol. The van der Waals surface area contributed by atoms with Crippen LogP contribution < -0.4 is 10.6 Å². The van der Waals surface area contributed by atoms with Crippen LogP contribution >= 0.6 is 15.9 Å². The number of hydrogen-bond donors (Lipinski definition) is 2. The van der Waals surface area contributed by atoms with Gasteiger partial charge in [-0.1, -0.05) is 28.1 Å². The lowest BCUT2D eigenvalue weighted by atomic mass is 9.98. The predicted octanol–water partition coefficient (Wildman–Crippen LogP) is 3.04. The third-order valence-corrected chi connectivity index (χ3v) is 5.73. The lowest BCUT2D eigenvalue weighted by Gasteiger charge is -2.26. The van der Waals surface area contributed by atoms with E-state index < -0.39 is 23.8 Å². The Hall–Kier alpha value is -2.19. The molecule has 0 radical (unpaired) electrons. The van der Waals surface area contributed by atoms with Crippen LogP contribution in [0.15, 0.2) is 39.9 Å². The molecule has 3 rings (SSSR count). The number of carbonyl (C=O) groups excluding carboxylic acids is 2. The Bertz CT molecular complexity index is 815. The van der Waals surface area contributed by atoms with Gasteiger partial charge in [0, 0.05) is 29.9 Å². The zero-order valence-corrected chi connectivity index (χ0v) is 17.7. The number of hydrogen-bond acceptors (Lipinski definition) is 5. The Kier molecular flexibility index (Phi) is 6.20. The molecular weight excluding hydrogens is 426 g/mol. The smallest absolute Gasteiger partial charge is 0.407 e. The summed E-state index contributed by atoms with van der Waals surface area (Å²) in [5.41, 5.74) is 2.73. The largest absolute Gasteiger partial charge is 0.453 e. The van der Waals surface area contributed by atoms with Crippen molar-refractivity contribution in [3.8, 4) is 0 Å². The summed E-state index contributed by atoms with van der Waals surface area (Å²) in [6.07, 6.45) is 3.03. The SMILES string of the molecule is COC(=O)N[C@H](C(=O)NC1(C2=NC=C(c3ccc(Br)cc3)C2)CC1)[C@@H](C)OC. The zero-order valence-electron chi connectivity index (χ0n) is 16.1. The van der Waals surface area contributed by atoms with Gasteiger partial charge in [0.15, 0.2) is 0 Å². The summed E-state index contributed by atoms with van der Waals surface area (Å²) in [4.78, 5) is 29.1. The van der Waals surface area contributed by atoms with Gasteiger partial charge in [0.1, 0.15) is 6.04 Å². The Labute approximate surface area is 172 Å². The maximum absolute atomic E-state index is 12.9. The lowest BCUT2D eigenvalue weighted by molar-refractivity contribution is -0.126. The number of alkyl carbamates (subject to hydrolysis) is 1. The second-order valence-electron chi connectivity index (χ2n) is 7.04. The summed E-state index contributed by atoms with van der Waals surface area (Å²) in [7, 11) is 2.75. The summed E-state index contributed by atoms with van der Waals surface area (Å²) < 4.78 is 10.9. The molecule has 1 aliphatic carbocycles. The molecule has 0 bridgehead atoms. The zero-order chi connectivity index (χ0) is 20.3. The molecule has 0 saturated heterocycles. The third-order valence-electron chi connectivity index (χ3n) is 5.20. The maximum atomic E-state index is 12.9. The molecule has 1 fully saturated rings. The third kappa shape index (κ3) is 4.44. The van der Waals surface area contributed by atoms with Gasteiger partial charge in [-0.2, -0.15) is 0 Å². The highest BCUT2D eigenvalue weighted by Crippen LogP contribution is 2.42. The molecule has 1 aliphatic heterocycles. The van der Waals surface area contributed by atoms with E-state index in [1.807, 2.05) is 30.5 Å². The number of rotatable bonds is 7. The van der Waals surface area contributed by atoms with E-state index in [4.69, 9.17) is 4.74 Å². The van der Waals surface area contributed by atoms with Crippen LogP contribution in [-0.2, 0) is 14.3 Å². The van der Waals surface area contributed by atoms with Gasteiger partial charge in [0.25, 0.3) is 0 Å². The number of amides is 2. The van der Waals surface area contributed by atoms with Crippen molar-refractivity contribution in [1.82, 2.24) is 10.6 Å². The molecule has 150 valence electrons. The summed E-state index contributed by atoms with van der Waals surface area (Å²) in [5.74, 6) is -0.308. The average molecular weight is 450 g/mol. The summed E-state index contributed by atoms with van der Waals surface area (Å²) in [6.45, 7) is 1.72. The first-order chi connectivity index (χ1) is 13.4. The van der Waals surface area contributed by atoms with Crippen molar-refractivity contribution in [3.05, 3.63) is 40.5 Å². The van der Waals surface area contributed by atoms with Gasteiger partial charge in [-0.05, 0) is 43.0 Å². The summed E-state index contributed by atoms with van der Waals surface area (Å²) >= 11 is 3.44. The Morgan fingerprint density at radius 1 is 1.21 bits per heavy atom. The van der Waals surface area contributed by atoms with E-state index in [0.29, 0.717) is 6.42 Å². The Morgan fingerprint density at radius 2 is 1.89 bits per heavy atom. The first-order valence-electron chi connectivity index (χ1n) is 9.10. The number of allylic oxidation sites excluding steroid dienone is 1. The normalized spacial score (nSPS) is 19.1. The lowest BCUT2D eigenvalue weighted by Crippen LogP contribution is -2.56. The van der Waals surface area contributed by atoms with E-state index >= 15 is 0 Å². The van der Waals surface area contributed by atoms with Crippen LogP contribution in [0.1, 0.15) is 31.7 Å². The molecule has 2 amide bonds. The van der Waals surface area contributed by atoms with E-state index in [0.717, 1.165) is 34.2 Å². The molecule has 1 heterocycles. The van der Waals surface area contributed by atoms with Gasteiger partial charge in [-0.15, -0.1) is 0 Å². The van der Waals surface area contributed by atoms with Crippen molar-refractivity contribution in [2.75, 3.05) is 14.2 Å². The minimum absolute atomic E-state index is 0.308. The number of methoxy groups -OCH3 is 2. The first kappa shape index (κ1) is 20.5. The van der Waals surface area contributed by atoms with Crippen molar-refractivity contribution >= 4 is 39.2 Å². The molecule has 28 heavy (non-hydrogen) atoms. The van der Waals surface area contributed by atoms with Gasteiger partial charge in [0.05, 0.1) is 18.8 Å². The summed E-state index contributed by atoms with van der Waals surface area (Å²) in [6, 6.07) is 7.23. The van der Waals surface area contributed by atoms with Gasteiger partial charge in [-0.25, -0.2) is 4.79 Å². The number of nitrogens with zero attached hydrogens (tertiary/aromatic N) is 1. The van der Waals surface area contributed by atoms with E-state index in [1.54, 1.807) is 6.92 Å². The van der Waals surface area contributed by atoms with Gasteiger partial charge >= 0.3 is 6.09 Å². The van der Waals surface area contributed by atoms with E-state index in [1.165, 1.54) is 14.2 Å². The van der Waals surface area contributed by atoms with Crippen LogP contribution in [0.25, 0.3) is 5.57 Å². The fourth-order valence-corrected chi connectivity index (χ4v) is 3.47. The highest BCUT2D eigenvalue weighted by molar-refractivity contribution is 9.10. The fraction of sp³-hybridized carbons (Fsp3) is 0.450. The van der Waals surface area contributed by atoms with Crippen LogP contribution in [0.2, 0.25) is 0 Å². The molecular formula is C20H24BrN3O4. The molecule has 7 nitrogen and oxygen atoms in total. The highest BCUT2D eigenvalue weighted by Gasteiger charge is 2.50. The van der Waals surface area contributed by atoms with Crippen LogP contribution in [0.5, 0.6) is 0 Å². The molecule has 1 aromatic rings. The summed E-state index contributed by atoms with van der Waals surface area (Å²) in [5, 5.41) is 5.62. The molecule has 1 aromatic carbocycles. The number of benzene rings is 1. The second kappa shape index (κ2) is 8.45. The average Bonchev–Trinajstić information content (AvgIpc) is 3.29. The quantitative estimate of drug-likeness (QED) is 0.669. The van der Waals surface area contributed by atoms with Crippen molar-refractivity contribution in [2.45, 2.75) is 43.9 Å². The van der Waals surface area contributed by atoms with Crippen LogP contribution in [0.4, 0.5) is 4.79 Å². The highest BCUT2D eigenvalue weighted by atomic mass is 79.9. The number of ether oxygens (including phenoxy) is 2. The molecule has 0 aromatic heterocycles. The van der Waals surface area contributed by atoms with Crippen molar-refractivity contribution in [2.24, 2.45) is 4.99 Å². The number of nitrogens with one attached hydrogen (secondary N) is 2. The number of halogens is 1. The second-order valence-corrected chi connectivity index (χ2v) is 7.96. The van der Waals surface area contributed by atoms with E-state index in [9.17, 15) is 9.59 Å². The molecule has 2 N–H and O–H groups in total. The topological polar surface area (TPSA) is 89.0 Å². The minimum atomic E-state index is -0.851. The maximum Gasteiger partial charge on any atom is 0.407 e. The van der Waals surface area contributed by atoms with Gasteiger partial charge in [-0.3, -0.25) is 9.79 Å². The molecule has 2 atom stereocenters. The monoisotopic (exact) mass is 449 g/mol. The molecule has 0 spiro atoms. The molecule has 1 saturated carbocycles. The van der Waals surface area contributed by atoms with Gasteiger partial charge < -0.3 is 20.1 Å². The van der Waals surface area contributed by atoms with E-state index in [-0.39, 0.29) is 5.91 Å². The Balaban J connectivity index is 1.66. The van der Waals surface area contributed by atoms with E-state index in [2.05, 4.69) is 36.3 Å². The van der Waals surface area contributed by atoms with Crippen LogP contribution in [0.3, 0.4) is 0 Å². The standard InChI is InChI=1S/C20H24BrN3O4/c1-12(27-2)17(23-19(26)28-3)18(25)24-20(8-9-20)16-10-14(11-22-16)13-4-6-15(21)7-5-13/h4-7,11-12,17H,8-10H2,1-3H3,(H,23,26)(H,24,25)/t12-,17+/m1/s1. The van der Waals surface area contributed by atoms with Gasteiger partial charge in [0.2, 0.25) is 5.91 Å². The number of carbonyl (C=O) groups is 2.